The third-order valence-corrected chi connectivity index (χ3v) is 4.20. The van der Waals surface area contributed by atoms with Gasteiger partial charge in [-0.1, -0.05) is 12.1 Å². The number of aliphatic imine (C=N–C) groups is 1. The molecule has 2 N–H and O–H groups in total. The number of ether oxygens (including phenoxy) is 1. The molecule has 0 amide bonds. The third-order valence-electron chi connectivity index (χ3n) is 4.20. The average molecular weight is 350 g/mol. The monoisotopic (exact) mass is 350 g/mol. The molecule has 0 unspecified atom stereocenters. The van der Waals surface area contributed by atoms with Gasteiger partial charge in [-0.05, 0) is 50.4 Å². The highest BCUT2D eigenvalue weighted by Gasteiger charge is 2.08. The van der Waals surface area contributed by atoms with Crippen LogP contribution in [-0.4, -0.2) is 63.3 Å². The van der Waals surface area contributed by atoms with E-state index in [2.05, 4.69) is 27.4 Å². The van der Waals surface area contributed by atoms with E-state index in [-0.39, 0.29) is 5.82 Å². The highest BCUT2D eigenvalue weighted by Crippen LogP contribution is 2.03. The second kappa shape index (κ2) is 11.8. The molecular formula is C19H31FN4O. The summed E-state index contributed by atoms with van der Waals surface area (Å²) in [5.74, 6) is 0.656. The average Bonchev–Trinajstić information content (AvgIpc) is 2.62. The molecule has 0 saturated carbocycles. The fourth-order valence-electron chi connectivity index (χ4n) is 2.82. The van der Waals surface area contributed by atoms with Crippen LogP contribution in [0, 0.1) is 5.82 Å². The Bertz CT molecular complexity index is 518. The first kappa shape index (κ1) is 19.7. The van der Waals surface area contributed by atoms with E-state index in [0.717, 1.165) is 83.3 Å². The van der Waals surface area contributed by atoms with Crippen molar-refractivity contribution in [3.05, 3.63) is 35.6 Å². The summed E-state index contributed by atoms with van der Waals surface area (Å²) in [7, 11) is 0. The zero-order valence-corrected chi connectivity index (χ0v) is 15.3. The van der Waals surface area contributed by atoms with Crippen molar-refractivity contribution in [1.82, 2.24) is 15.5 Å². The van der Waals surface area contributed by atoms with Gasteiger partial charge in [0.25, 0.3) is 0 Å². The third kappa shape index (κ3) is 8.31. The predicted octanol–water partition coefficient (Wildman–Crippen LogP) is 2.04. The number of morpholine rings is 1. The van der Waals surface area contributed by atoms with Gasteiger partial charge in [-0.15, -0.1) is 0 Å². The molecule has 1 aromatic carbocycles. The van der Waals surface area contributed by atoms with Crippen molar-refractivity contribution in [3.63, 3.8) is 0 Å². The summed E-state index contributed by atoms with van der Waals surface area (Å²) in [6.45, 7) is 9.39. The van der Waals surface area contributed by atoms with Gasteiger partial charge < -0.3 is 15.4 Å². The van der Waals surface area contributed by atoms with Gasteiger partial charge in [0.2, 0.25) is 0 Å². The van der Waals surface area contributed by atoms with E-state index < -0.39 is 0 Å². The highest BCUT2D eigenvalue weighted by molar-refractivity contribution is 5.79. The molecule has 140 valence electrons. The van der Waals surface area contributed by atoms with Crippen molar-refractivity contribution in [2.24, 2.45) is 4.99 Å². The molecule has 0 bridgehead atoms. The molecule has 5 nitrogen and oxygen atoms in total. The van der Waals surface area contributed by atoms with Crippen LogP contribution in [0.25, 0.3) is 0 Å². The summed E-state index contributed by atoms with van der Waals surface area (Å²) in [5.41, 5.74) is 0.994. The SMILES string of the molecule is CCNC(=NCCCCN1CCOCC1)NCCc1cccc(F)c1. The molecule has 0 atom stereocenters. The normalized spacial score (nSPS) is 16.0. The number of nitrogens with zero attached hydrogens (tertiary/aromatic N) is 2. The van der Waals surface area contributed by atoms with Crippen LogP contribution >= 0.6 is 0 Å². The molecule has 1 heterocycles. The summed E-state index contributed by atoms with van der Waals surface area (Å²) in [6, 6.07) is 6.75. The molecule has 0 aliphatic carbocycles. The Morgan fingerprint density at radius 2 is 2.08 bits per heavy atom. The zero-order valence-electron chi connectivity index (χ0n) is 15.3. The maximum absolute atomic E-state index is 13.2. The summed E-state index contributed by atoms with van der Waals surface area (Å²) in [5, 5.41) is 6.58. The van der Waals surface area contributed by atoms with Gasteiger partial charge in [0.15, 0.2) is 5.96 Å². The first-order valence-corrected chi connectivity index (χ1v) is 9.34. The van der Waals surface area contributed by atoms with Gasteiger partial charge in [0.05, 0.1) is 13.2 Å². The molecule has 0 aromatic heterocycles. The zero-order chi connectivity index (χ0) is 17.7. The number of hydrogen-bond acceptors (Lipinski definition) is 3. The van der Waals surface area contributed by atoms with Crippen LogP contribution in [0.2, 0.25) is 0 Å². The fraction of sp³-hybridized carbons (Fsp3) is 0.632. The Morgan fingerprint density at radius 1 is 1.24 bits per heavy atom. The lowest BCUT2D eigenvalue weighted by Crippen LogP contribution is -2.38. The second-order valence-corrected chi connectivity index (χ2v) is 6.23. The maximum atomic E-state index is 13.2. The second-order valence-electron chi connectivity index (χ2n) is 6.23. The highest BCUT2D eigenvalue weighted by atomic mass is 19.1. The Balaban J connectivity index is 1.63. The standard InChI is InChI=1S/C19H31FN4O/c1-2-21-19(23-10-8-17-6-5-7-18(20)16-17)22-9-3-4-11-24-12-14-25-15-13-24/h5-7,16H,2-4,8-15H2,1H3,(H2,21,22,23). The molecule has 25 heavy (non-hydrogen) atoms. The lowest BCUT2D eigenvalue weighted by Gasteiger charge is -2.26. The van der Waals surface area contributed by atoms with Crippen LogP contribution in [0.4, 0.5) is 4.39 Å². The van der Waals surface area contributed by atoms with Crippen molar-refractivity contribution < 1.29 is 9.13 Å². The summed E-state index contributed by atoms with van der Waals surface area (Å²) in [6.07, 6.45) is 3.02. The van der Waals surface area contributed by atoms with Gasteiger partial charge >= 0.3 is 0 Å². The molecule has 6 heteroatoms. The number of rotatable bonds is 9. The Kier molecular flexibility index (Phi) is 9.29. The molecule has 1 aliphatic rings. The maximum Gasteiger partial charge on any atom is 0.191 e. The lowest BCUT2D eigenvalue weighted by atomic mass is 10.1. The molecule has 1 aromatic rings. The Morgan fingerprint density at radius 3 is 2.84 bits per heavy atom. The molecule has 1 fully saturated rings. The van der Waals surface area contributed by atoms with Crippen molar-refractivity contribution in [3.8, 4) is 0 Å². The minimum absolute atomic E-state index is 0.182. The topological polar surface area (TPSA) is 48.9 Å². The first-order valence-electron chi connectivity index (χ1n) is 9.34. The number of nitrogens with one attached hydrogen (secondary N) is 2. The molecular weight excluding hydrogens is 319 g/mol. The predicted molar refractivity (Wildman–Crippen MR) is 101 cm³/mol. The van der Waals surface area contributed by atoms with E-state index >= 15 is 0 Å². The van der Waals surface area contributed by atoms with Crippen molar-refractivity contribution in [2.75, 3.05) is 52.5 Å². The summed E-state index contributed by atoms with van der Waals surface area (Å²) >= 11 is 0. The van der Waals surface area contributed by atoms with Gasteiger partial charge in [-0.3, -0.25) is 9.89 Å². The van der Waals surface area contributed by atoms with Gasteiger partial charge in [-0.2, -0.15) is 0 Å². The van der Waals surface area contributed by atoms with E-state index in [1.807, 2.05) is 6.07 Å². The smallest absolute Gasteiger partial charge is 0.191 e. The molecule has 0 spiro atoms. The van der Waals surface area contributed by atoms with Crippen LogP contribution in [0.5, 0.6) is 0 Å². The molecule has 0 radical (unpaired) electrons. The van der Waals surface area contributed by atoms with E-state index in [0.29, 0.717) is 0 Å². The van der Waals surface area contributed by atoms with E-state index in [1.54, 1.807) is 12.1 Å². The fourth-order valence-corrected chi connectivity index (χ4v) is 2.82. The summed E-state index contributed by atoms with van der Waals surface area (Å²) in [4.78, 5) is 7.08. The van der Waals surface area contributed by atoms with Gasteiger partial charge in [-0.25, -0.2) is 4.39 Å². The summed E-state index contributed by atoms with van der Waals surface area (Å²) < 4.78 is 18.5. The van der Waals surface area contributed by atoms with Crippen LogP contribution < -0.4 is 10.6 Å². The van der Waals surface area contributed by atoms with Crippen LogP contribution in [0.15, 0.2) is 29.3 Å². The largest absolute Gasteiger partial charge is 0.379 e. The van der Waals surface area contributed by atoms with Crippen molar-refractivity contribution in [1.29, 1.82) is 0 Å². The quantitative estimate of drug-likeness (QED) is 0.406. The number of halogens is 1. The number of hydrogen-bond donors (Lipinski definition) is 2. The Hall–Kier alpha value is -1.66. The molecule has 2 rings (SSSR count). The van der Waals surface area contributed by atoms with Crippen molar-refractivity contribution >= 4 is 5.96 Å². The number of unbranched alkanes of at least 4 members (excludes halogenated alkanes) is 1. The number of guanidine groups is 1. The van der Waals surface area contributed by atoms with Crippen LogP contribution in [0.1, 0.15) is 25.3 Å². The van der Waals surface area contributed by atoms with E-state index in [1.165, 1.54) is 6.07 Å². The van der Waals surface area contributed by atoms with E-state index in [4.69, 9.17) is 4.74 Å². The van der Waals surface area contributed by atoms with Gasteiger partial charge in [0, 0.05) is 32.7 Å². The van der Waals surface area contributed by atoms with E-state index in [9.17, 15) is 4.39 Å². The lowest BCUT2D eigenvalue weighted by molar-refractivity contribution is 0.0373. The Labute approximate surface area is 150 Å². The minimum Gasteiger partial charge on any atom is -0.379 e. The first-order chi connectivity index (χ1) is 12.3. The molecule has 1 aliphatic heterocycles. The van der Waals surface area contributed by atoms with Crippen LogP contribution in [0.3, 0.4) is 0 Å². The van der Waals surface area contributed by atoms with Crippen molar-refractivity contribution in [2.45, 2.75) is 26.2 Å². The molecule has 1 saturated heterocycles. The van der Waals surface area contributed by atoms with Gasteiger partial charge in [0.1, 0.15) is 5.82 Å². The number of benzene rings is 1. The van der Waals surface area contributed by atoms with Crippen LogP contribution in [-0.2, 0) is 11.2 Å². The minimum atomic E-state index is -0.182.